The molecule has 1 aromatic rings. The summed E-state index contributed by atoms with van der Waals surface area (Å²) in [6.07, 6.45) is 3.12. The maximum Gasteiger partial charge on any atom is 0.203 e. The number of aromatic nitrogens is 2. The Hall–Kier alpha value is -1.03. The van der Waals surface area contributed by atoms with Gasteiger partial charge in [-0.25, -0.2) is 4.98 Å². The summed E-state index contributed by atoms with van der Waals surface area (Å²) in [5, 5.41) is 3.53. The summed E-state index contributed by atoms with van der Waals surface area (Å²) in [4.78, 5) is 4.59. The summed E-state index contributed by atoms with van der Waals surface area (Å²) in [7, 11) is 1.74. The van der Waals surface area contributed by atoms with E-state index in [2.05, 4.69) is 48.8 Å². The van der Waals surface area contributed by atoms with Crippen LogP contribution in [0.3, 0.4) is 0 Å². The lowest BCUT2D eigenvalue weighted by molar-refractivity contribution is 0.190. The van der Waals surface area contributed by atoms with Crippen LogP contribution in [0.4, 0.5) is 5.95 Å². The van der Waals surface area contributed by atoms with Gasteiger partial charge >= 0.3 is 0 Å². The first-order valence-electron chi connectivity index (χ1n) is 7.72. The van der Waals surface area contributed by atoms with Gasteiger partial charge in [-0.1, -0.05) is 27.7 Å². The molecule has 1 heterocycles. The lowest BCUT2D eigenvalue weighted by Crippen LogP contribution is -2.25. The second-order valence-electron chi connectivity index (χ2n) is 6.28. The second kappa shape index (κ2) is 8.30. The van der Waals surface area contributed by atoms with Crippen molar-refractivity contribution in [3.63, 3.8) is 0 Å². The molecule has 0 unspecified atom stereocenters. The molecule has 0 fully saturated rings. The highest BCUT2D eigenvalue weighted by atomic mass is 16.5. The van der Waals surface area contributed by atoms with Gasteiger partial charge in [0.1, 0.15) is 0 Å². The first-order valence-corrected chi connectivity index (χ1v) is 7.72. The van der Waals surface area contributed by atoms with Crippen LogP contribution in [0, 0.1) is 24.7 Å². The standard InChI is InChI=1S/C16H31N3O/c1-12(2)15(13(3)4)10-17-16-18-14(5)11-19(16)8-7-9-20-6/h11-13,15H,7-10H2,1-6H3,(H,17,18). The molecule has 1 rings (SSSR count). The highest BCUT2D eigenvalue weighted by molar-refractivity contribution is 5.28. The average molecular weight is 281 g/mol. The Morgan fingerprint density at radius 2 is 1.90 bits per heavy atom. The monoisotopic (exact) mass is 281 g/mol. The van der Waals surface area contributed by atoms with E-state index in [0.717, 1.165) is 37.8 Å². The molecule has 0 aromatic carbocycles. The number of anilines is 1. The quantitative estimate of drug-likeness (QED) is 0.703. The van der Waals surface area contributed by atoms with Gasteiger partial charge in [-0.2, -0.15) is 0 Å². The SMILES string of the molecule is COCCCn1cc(C)nc1NCC(C(C)C)C(C)C. The van der Waals surface area contributed by atoms with E-state index < -0.39 is 0 Å². The lowest BCUT2D eigenvalue weighted by atomic mass is 9.85. The van der Waals surface area contributed by atoms with Crippen LogP contribution in [-0.2, 0) is 11.3 Å². The third kappa shape index (κ3) is 5.16. The van der Waals surface area contributed by atoms with Crippen LogP contribution in [0.25, 0.3) is 0 Å². The van der Waals surface area contributed by atoms with Gasteiger partial charge < -0.3 is 14.6 Å². The molecule has 20 heavy (non-hydrogen) atoms. The average Bonchev–Trinajstić information content (AvgIpc) is 2.69. The fraction of sp³-hybridized carbons (Fsp3) is 0.812. The Morgan fingerprint density at radius 1 is 1.25 bits per heavy atom. The molecule has 0 bridgehead atoms. The molecule has 0 amide bonds. The Labute approximate surface area is 123 Å². The van der Waals surface area contributed by atoms with Crippen LogP contribution >= 0.6 is 0 Å². The number of hydrogen-bond acceptors (Lipinski definition) is 3. The Bertz CT molecular complexity index is 377. The number of ether oxygens (including phenoxy) is 1. The molecular weight excluding hydrogens is 250 g/mol. The van der Waals surface area contributed by atoms with Gasteiger partial charge in [-0.05, 0) is 31.1 Å². The third-order valence-corrected chi connectivity index (χ3v) is 3.85. The van der Waals surface area contributed by atoms with E-state index in [1.54, 1.807) is 7.11 Å². The van der Waals surface area contributed by atoms with Crippen molar-refractivity contribution in [1.29, 1.82) is 0 Å². The van der Waals surface area contributed by atoms with Gasteiger partial charge in [-0.15, -0.1) is 0 Å². The molecule has 0 aliphatic heterocycles. The summed E-state index contributed by atoms with van der Waals surface area (Å²) >= 11 is 0. The van der Waals surface area contributed by atoms with Crippen molar-refractivity contribution in [1.82, 2.24) is 9.55 Å². The zero-order valence-corrected chi connectivity index (χ0v) is 13.9. The van der Waals surface area contributed by atoms with E-state index in [4.69, 9.17) is 4.74 Å². The predicted molar refractivity (Wildman–Crippen MR) is 85.1 cm³/mol. The third-order valence-electron chi connectivity index (χ3n) is 3.85. The van der Waals surface area contributed by atoms with Gasteiger partial charge in [-0.3, -0.25) is 0 Å². The first kappa shape index (κ1) is 17.0. The van der Waals surface area contributed by atoms with Gasteiger partial charge in [0.05, 0.1) is 5.69 Å². The highest BCUT2D eigenvalue weighted by Gasteiger charge is 2.18. The van der Waals surface area contributed by atoms with Crippen molar-refractivity contribution in [3.05, 3.63) is 11.9 Å². The highest BCUT2D eigenvalue weighted by Crippen LogP contribution is 2.21. The molecule has 4 heteroatoms. The predicted octanol–water partition coefficient (Wildman–Crippen LogP) is 3.57. The van der Waals surface area contributed by atoms with Crippen molar-refractivity contribution < 1.29 is 4.74 Å². The van der Waals surface area contributed by atoms with Gasteiger partial charge in [0.25, 0.3) is 0 Å². The van der Waals surface area contributed by atoms with Crippen molar-refractivity contribution in [2.24, 2.45) is 17.8 Å². The summed E-state index contributed by atoms with van der Waals surface area (Å²) < 4.78 is 7.32. The summed E-state index contributed by atoms with van der Waals surface area (Å²) in [5.74, 6) is 3.02. The summed E-state index contributed by atoms with van der Waals surface area (Å²) in [6.45, 7) is 13.9. The Morgan fingerprint density at radius 3 is 2.45 bits per heavy atom. The smallest absolute Gasteiger partial charge is 0.203 e. The fourth-order valence-electron chi connectivity index (χ4n) is 2.69. The van der Waals surface area contributed by atoms with Crippen molar-refractivity contribution in [3.8, 4) is 0 Å². The molecule has 0 aliphatic rings. The second-order valence-corrected chi connectivity index (χ2v) is 6.28. The molecular formula is C16H31N3O. The molecule has 0 atom stereocenters. The van der Waals surface area contributed by atoms with Gasteiger partial charge in [0, 0.05) is 33.0 Å². The maximum absolute atomic E-state index is 5.12. The number of rotatable bonds is 9. The number of hydrogen-bond donors (Lipinski definition) is 1. The number of aryl methyl sites for hydroxylation is 2. The Balaban J connectivity index is 2.62. The van der Waals surface area contributed by atoms with Crippen LogP contribution in [0.1, 0.15) is 39.8 Å². The first-order chi connectivity index (χ1) is 9.45. The molecule has 116 valence electrons. The summed E-state index contributed by atoms with van der Waals surface area (Å²) in [6, 6.07) is 0. The minimum atomic E-state index is 0.666. The van der Waals surface area contributed by atoms with Crippen LogP contribution < -0.4 is 5.32 Å². The van der Waals surface area contributed by atoms with Gasteiger partial charge in [0.15, 0.2) is 0 Å². The fourth-order valence-corrected chi connectivity index (χ4v) is 2.69. The molecule has 1 N–H and O–H groups in total. The van der Waals surface area contributed by atoms with E-state index in [1.165, 1.54) is 0 Å². The number of nitrogens with one attached hydrogen (secondary N) is 1. The van der Waals surface area contributed by atoms with Crippen molar-refractivity contribution in [2.75, 3.05) is 25.6 Å². The number of imidazole rings is 1. The van der Waals surface area contributed by atoms with E-state index in [9.17, 15) is 0 Å². The van der Waals surface area contributed by atoms with Gasteiger partial charge in [0.2, 0.25) is 5.95 Å². The van der Waals surface area contributed by atoms with E-state index >= 15 is 0 Å². The lowest BCUT2D eigenvalue weighted by Gasteiger charge is -2.25. The van der Waals surface area contributed by atoms with Crippen LogP contribution in [0.2, 0.25) is 0 Å². The molecule has 0 radical (unpaired) electrons. The van der Waals surface area contributed by atoms with E-state index in [1.807, 2.05) is 6.92 Å². The van der Waals surface area contributed by atoms with E-state index in [-0.39, 0.29) is 0 Å². The zero-order chi connectivity index (χ0) is 15.1. The molecule has 0 saturated carbocycles. The zero-order valence-electron chi connectivity index (χ0n) is 13.9. The van der Waals surface area contributed by atoms with Crippen LogP contribution in [-0.4, -0.2) is 29.8 Å². The topological polar surface area (TPSA) is 39.1 Å². The minimum Gasteiger partial charge on any atom is -0.385 e. The molecule has 0 spiro atoms. The van der Waals surface area contributed by atoms with Crippen LogP contribution in [0.5, 0.6) is 0 Å². The van der Waals surface area contributed by atoms with Crippen molar-refractivity contribution >= 4 is 5.95 Å². The Kier molecular flexibility index (Phi) is 7.06. The van der Waals surface area contributed by atoms with E-state index in [0.29, 0.717) is 17.8 Å². The molecule has 0 aliphatic carbocycles. The van der Waals surface area contributed by atoms with Crippen LogP contribution in [0.15, 0.2) is 6.20 Å². The number of nitrogens with zero attached hydrogens (tertiary/aromatic N) is 2. The molecule has 0 saturated heterocycles. The minimum absolute atomic E-state index is 0.666. The number of methoxy groups -OCH3 is 1. The summed E-state index contributed by atoms with van der Waals surface area (Å²) in [5.41, 5.74) is 1.07. The normalized spacial score (nSPS) is 11.8. The largest absolute Gasteiger partial charge is 0.385 e. The van der Waals surface area contributed by atoms with Crippen molar-refractivity contribution in [2.45, 2.75) is 47.6 Å². The molecule has 4 nitrogen and oxygen atoms in total. The molecule has 1 aromatic heterocycles. The maximum atomic E-state index is 5.12.